The molecule has 1 saturated heterocycles. The van der Waals surface area contributed by atoms with Gasteiger partial charge in [0.25, 0.3) is 5.91 Å². The number of carbonyl (C=O) groups excluding carboxylic acids is 1. The molecule has 0 atom stereocenters. The van der Waals surface area contributed by atoms with Crippen LogP contribution in [-0.4, -0.2) is 60.0 Å². The Morgan fingerprint density at radius 3 is 2.58 bits per heavy atom. The van der Waals surface area contributed by atoms with Crippen LogP contribution in [0.1, 0.15) is 22.5 Å². The van der Waals surface area contributed by atoms with Crippen LogP contribution in [0.3, 0.4) is 0 Å². The van der Waals surface area contributed by atoms with Gasteiger partial charge < -0.3 is 16.0 Å². The van der Waals surface area contributed by atoms with Gasteiger partial charge in [0.15, 0.2) is 5.13 Å². The zero-order chi connectivity index (χ0) is 13.4. The molecule has 19 heavy (non-hydrogen) atoms. The number of nitrogen functional groups attached to an aromatic ring is 1. The van der Waals surface area contributed by atoms with Crippen molar-refractivity contribution in [3.8, 4) is 0 Å². The minimum atomic E-state index is 0.0203. The number of nitrogens with one attached hydrogen (secondary N) is 1. The van der Waals surface area contributed by atoms with E-state index in [9.17, 15) is 4.79 Å². The fourth-order valence-electron chi connectivity index (χ4n) is 2.47. The summed E-state index contributed by atoms with van der Waals surface area (Å²) in [7, 11) is 1.78. The number of carbonyl (C=O) groups is 1. The van der Waals surface area contributed by atoms with Crippen LogP contribution < -0.4 is 11.1 Å². The molecule has 0 radical (unpaired) electrons. The second-order valence-corrected chi connectivity index (χ2v) is 6.04. The van der Waals surface area contributed by atoms with Gasteiger partial charge in [-0.05, 0) is 12.8 Å². The normalized spacial score (nSPS) is 20.6. The van der Waals surface area contributed by atoms with E-state index in [-0.39, 0.29) is 5.91 Å². The Morgan fingerprint density at radius 2 is 2.05 bits per heavy atom. The Morgan fingerprint density at radius 1 is 1.37 bits per heavy atom. The summed E-state index contributed by atoms with van der Waals surface area (Å²) in [5.41, 5.74) is 5.81. The number of thiazole rings is 1. The van der Waals surface area contributed by atoms with Crippen LogP contribution in [0, 0.1) is 0 Å². The number of hydrogen-bond donors (Lipinski definition) is 2. The molecule has 0 spiro atoms. The smallest absolute Gasteiger partial charge is 0.267 e. The van der Waals surface area contributed by atoms with Gasteiger partial charge in [0.05, 0.1) is 0 Å². The van der Waals surface area contributed by atoms with Gasteiger partial charge in [0.2, 0.25) is 0 Å². The molecule has 1 aliphatic heterocycles. The van der Waals surface area contributed by atoms with E-state index in [2.05, 4.69) is 15.2 Å². The molecule has 2 fully saturated rings. The first-order valence-electron chi connectivity index (χ1n) is 6.66. The molecule has 2 heterocycles. The third-order valence-electron chi connectivity index (χ3n) is 3.73. The number of hydrogen-bond acceptors (Lipinski definition) is 6. The van der Waals surface area contributed by atoms with E-state index >= 15 is 0 Å². The molecular formula is C12H19N5OS. The number of nitrogens with zero attached hydrogens (tertiary/aromatic N) is 3. The Balaban J connectivity index is 1.65. The standard InChI is InChI=1S/C12H19N5OS/c1-14-12-15-10(13)9(19-12)11(18)17-6-4-16(5-7-17)8-2-3-8/h8H,2-7,13H2,1H3,(H,14,15). The molecule has 3 N–H and O–H groups in total. The van der Waals surface area contributed by atoms with Crippen molar-refractivity contribution in [1.82, 2.24) is 14.8 Å². The highest BCUT2D eigenvalue weighted by atomic mass is 32.1. The Hall–Kier alpha value is -1.34. The summed E-state index contributed by atoms with van der Waals surface area (Å²) in [5.74, 6) is 0.357. The lowest BCUT2D eigenvalue weighted by molar-refractivity contribution is 0.0633. The summed E-state index contributed by atoms with van der Waals surface area (Å²) in [5, 5.41) is 3.62. The molecule has 0 unspecified atom stereocenters. The molecule has 1 aromatic heterocycles. The zero-order valence-corrected chi connectivity index (χ0v) is 11.9. The summed E-state index contributed by atoms with van der Waals surface area (Å²) in [6, 6.07) is 0.779. The lowest BCUT2D eigenvalue weighted by atomic mass is 10.3. The molecule has 1 amide bonds. The summed E-state index contributed by atoms with van der Waals surface area (Å²) in [4.78, 5) is 21.5. The highest BCUT2D eigenvalue weighted by Crippen LogP contribution is 2.29. The highest BCUT2D eigenvalue weighted by molar-refractivity contribution is 7.18. The van der Waals surface area contributed by atoms with Gasteiger partial charge in [0.1, 0.15) is 10.7 Å². The van der Waals surface area contributed by atoms with Crippen LogP contribution in [0.25, 0.3) is 0 Å². The maximum atomic E-state index is 12.4. The lowest BCUT2D eigenvalue weighted by Crippen LogP contribution is -2.49. The van der Waals surface area contributed by atoms with Crippen molar-refractivity contribution in [2.24, 2.45) is 0 Å². The van der Waals surface area contributed by atoms with Gasteiger partial charge in [-0.1, -0.05) is 11.3 Å². The average Bonchev–Trinajstić information content (AvgIpc) is 3.21. The van der Waals surface area contributed by atoms with E-state index < -0.39 is 0 Å². The van der Waals surface area contributed by atoms with Crippen molar-refractivity contribution in [2.45, 2.75) is 18.9 Å². The van der Waals surface area contributed by atoms with Crippen molar-refractivity contribution in [3.63, 3.8) is 0 Å². The second kappa shape index (κ2) is 4.97. The van der Waals surface area contributed by atoms with E-state index in [4.69, 9.17) is 5.73 Å². The van der Waals surface area contributed by atoms with Crippen LogP contribution in [0.2, 0.25) is 0 Å². The average molecular weight is 281 g/mol. The van der Waals surface area contributed by atoms with Crippen LogP contribution in [-0.2, 0) is 0 Å². The summed E-state index contributed by atoms with van der Waals surface area (Å²) >= 11 is 1.33. The minimum Gasteiger partial charge on any atom is -0.382 e. The number of anilines is 2. The topological polar surface area (TPSA) is 74.5 Å². The largest absolute Gasteiger partial charge is 0.382 e. The van der Waals surface area contributed by atoms with Crippen molar-refractivity contribution < 1.29 is 4.79 Å². The number of aromatic nitrogens is 1. The maximum absolute atomic E-state index is 12.4. The molecule has 0 aromatic carbocycles. The minimum absolute atomic E-state index is 0.0203. The molecule has 1 aromatic rings. The van der Waals surface area contributed by atoms with Crippen LogP contribution >= 0.6 is 11.3 Å². The monoisotopic (exact) mass is 281 g/mol. The van der Waals surface area contributed by atoms with Crippen LogP contribution in [0.5, 0.6) is 0 Å². The Kier molecular flexibility index (Phi) is 3.32. The predicted molar refractivity (Wildman–Crippen MR) is 76.6 cm³/mol. The zero-order valence-electron chi connectivity index (χ0n) is 11.1. The van der Waals surface area contributed by atoms with Gasteiger partial charge >= 0.3 is 0 Å². The number of amides is 1. The highest BCUT2D eigenvalue weighted by Gasteiger charge is 2.33. The quantitative estimate of drug-likeness (QED) is 0.852. The first-order valence-corrected chi connectivity index (χ1v) is 7.48. The second-order valence-electron chi connectivity index (χ2n) is 5.04. The summed E-state index contributed by atoms with van der Waals surface area (Å²) in [6.07, 6.45) is 2.64. The lowest BCUT2D eigenvalue weighted by Gasteiger charge is -2.34. The van der Waals surface area contributed by atoms with Crippen molar-refractivity contribution in [3.05, 3.63) is 4.88 Å². The van der Waals surface area contributed by atoms with Gasteiger partial charge in [-0.15, -0.1) is 0 Å². The van der Waals surface area contributed by atoms with Crippen molar-refractivity contribution in [2.75, 3.05) is 44.3 Å². The van der Waals surface area contributed by atoms with E-state index in [1.54, 1.807) is 7.05 Å². The molecule has 3 rings (SSSR count). The van der Waals surface area contributed by atoms with Crippen LogP contribution in [0.4, 0.5) is 10.9 Å². The molecule has 0 bridgehead atoms. The fraction of sp³-hybridized carbons (Fsp3) is 0.667. The third-order valence-corrected chi connectivity index (χ3v) is 4.80. The van der Waals surface area contributed by atoms with Gasteiger partial charge in [0, 0.05) is 39.3 Å². The van der Waals surface area contributed by atoms with E-state index in [1.807, 2.05) is 4.90 Å². The van der Waals surface area contributed by atoms with Crippen LogP contribution in [0.15, 0.2) is 0 Å². The predicted octanol–water partition coefficient (Wildman–Crippen LogP) is 0.687. The number of rotatable bonds is 3. The van der Waals surface area contributed by atoms with E-state index in [1.165, 1.54) is 24.2 Å². The van der Waals surface area contributed by atoms with Gasteiger partial charge in [-0.25, -0.2) is 4.98 Å². The first-order chi connectivity index (χ1) is 9.19. The van der Waals surface area contributed by atoms with Crippen molar-refractivity contribution >= 4 is 28.2 Å². The molecule has 1 aliphatic carbocycles. The van der Waals surface area contributed by atoms with E-state index in [0.717, 1.165) is 32.2 Å². The molecule has 1 saturated carbocycles. The van der Waals surface area contributed by atoms with Gasteiger partial charge in [-0.3, -0.25) is 9.69 Å². The number of nitrogens with two attached hydrogens (primary N) is 1. The summed E-state index contributed by atoms with van der Waals surface area (Å²) in [6.45, 7) is 3.55. The molecule has 104 valence electrons. The Bertz CT molecular complexity index is 476. The molecule has 6 nitrogen and oxygen atoms in total. The summed E-state index contributed by atoms with van der Waals surface area (Å²) < 4.78 is 0. The first kappa shape index (κ1) is 12.7. The third kappa shape index (κ3) is 2.52. The molecule has 7 heteroatoms. The molecular weight excluding hydrogens is 262 g/mol. The molecule has 2 aliphatic rings. The van der Waals surface area contributed by atoms with E-state index in [0.29, 0.717) is 15.8 Å². The SMILES string of the molecule is CNc1nc(N)c(C(=O)N2CCN(C3CC3)CC2)s1. The fourth-order valence-corrected chi connectivity index (χ4v) is 3.27. The Labute approximate surface area is 116 Å². The van der Waals surface area contributed by atoms with Crippen molar-refractivity contribution in [1.29, 1.82) is 0 Å². The van der Waals surface area contributed by atoms with Gasteiger partial charge in [-0.2, -0.15) is 0 Å². The maximum Gasteiger partial charge on any atom is 0.267 e. The number of piperazine rings is 1.